The molecule has 28 heavy (non-hydrogen) atoms. The maximum Gasteiger partial charge on any atom is 0.261 e. The van der Waals surface area contributed by atoms with E-state index in [4.69, 9.17) is 0 Å². The molecular weight excluding hydrogens is 374 g/mol. The summed E-state index contributed by atoms with van der Waals surface area (Å²) in [6, 6.07) is 17.3. The van der Waals surface area contributed by atoms with Crippen LogP contribution in [-0.4, -0.2) is 19.3 Å². The molecule has 1 aliphatic heterocycles. The van der Waals surface area contributed by atoms with E-state index < -0.39 is 10.0 Å². The first-order valence-corrected chi connectivity index (χ1v) is 10.1. The zero-order valence-corrected chi connectivity index (χ0v) is 15.6. The largest absolute Gasteiger partial charge is 0.326 e. The number of aromatic nitrogens is 1. The van der Waals surface area contributed by atoms with Crippen molar-refractivity contribution in [3.63, 3.8) is 0 Å². The van der Waals surface area contributed by atoms with Crippen LogP contribution < -0.4 is 10.0 Å². The molecule has 6 nitrogen and oxygen atoms in total. The van der Waals surface area contributed by atoms with Gasteiger partial charge in [-0.3, -0.25) is 14.5 Å². The SMILES string of the molecule is O=C1Cc2cc(S(=O)(=O)Nc3cccc(/C=C/c4ccccn4)c3)ccc2N1. The third-order valence-corrected chi connectivity index (χ3v) is 5.66. The number of hydrogen-bond acceptors (Lipinski definition) is 4. The number of amides is 1. The van der Waals surface area contributed by atoms with Gasteiger partial charge in [0, 0.05) is 17.6 Å². The second-order valence-corrected chi connectivity index (χ2v) is 8.05. The van der Waals surface area contributed by atoms with Crippen molar-refractivity contribution in [3.8, 4) is 0 Å². The molecule has 2 N–H and O–H groups in total. The Morgan fingerprint density at radius 2 is 1.89 bits per heavy atom. The number of sulfonamides is 1. The van der Waals surface area contributed by atoms with Crippen molar-refractivity contribution < 1.29 is 13.2 Å². The van der Waals surface area contributed by atoms with Crippen molar-refractivity contribution in [2.24, 2.45) is 0 Å². The molecule has 1 amide bonds. The fraction of sp³-hybridized carbons (Fsp3) is 0.0476. The molecule has 0 radical (unpaired) electrons. The van der Waals surface area contributed by atoms with E-state index in [1.165, 1.54) is 12.1 Å². The highest BCUT2D eigenvalue weighted by Gasteiger charge is 2.21. The first kappa shape index (κ1) is 17.9. The molecule has 0 spiro atoms. The van der Waals surface area contributed by atoms with Gasteiger partial charge in [0.25, 0.3) is 10.0 Å². The number of pyridine rings is 1. The summed E-state index contributed by atoms with van der Waals surface area (Å²) in [6.45, 7) is 0. The van der Waals surface area contributed by atoms with Gasteiger partial charge in [0.1, 0.15) is 0 Å². The van der Waals surface area contributed by atoms with E-state index in [1.807, 2.05) is 36.4 Å². The van der Waals surface area contributed by atoms with Crippen LogP contribution in [0.5, 0.6) is 0 Å². The number of carbonyl (C=O) groups excluding carboxylic acids is 1. The van der Waals surface area contributed by atoms with Crippen molar-refractivity contribution in [1.29, 1.82) is 0 Å². The Kier molecular flexibility index (Phi) is 4.67. The minimum Gasteiger partial charge on any atom is -0.326 e. The molecule has 2 aromatic carbocycles. The summed E-state index contributed by atoms with van der Waals surface area (Å²) < 4.78 is 28.1. The van der Waals surface area contributed by atoms with Crippen LogP contribution in [-0.2, 0) is 21.2 Å². The summed E-state index contributed by atoms with van der Waals surface area (Å²) in [6.07, 6.45) is 5.63. The lowest BCUT2D eigenvalue weighted by Gasteiger charge is -2.10. The molecule has 0 atom stereocenters. The molecule has 1 aliphatic rings. The zero-order valence-electron chi connectivity index (χ0n) is 14.8. The Balaban J connectivity index is 1.55. The topological polar surface area (TPSA) is 88.2 Å². The fourth-order valence-electron chi connectivity index (χ4n) is 2.95. The van der Waals surface area contributed by atoms with Gasteiger partial charge in [-0.1, -0.05) is 24.3 Å². The van der Waals surface area contributed by atoms with Crippen molar-refractivity contribution >= 4 is 39.5 Å². The van der Waals surface area contributed by atoms with E-state index in [-0.39, 0.29) is 17.2 Å². The maximum absolute atomic E-state index is 12.7. The van der Waals surface area contributed by atoms with Gasteiger partial charge in [-0.15, -0.1) is 0 Å². The standard InChI is InChI=1S/C21H17N3O3S/c25-21-14-16-13-19(9-10-20(16)23-21)28(26,27)24-18-6-3-4-15(12-18)7-8-17-5-1-2-11-22-17/h1-13,24H,14H2,(H,23,25)/b8-7+. The van der Waals surface area contributed by atoms with Gasteiger partial charge in [-0.05, 0) is 59.7 Å². The summed E-state index contributed by atoms with van der Waals surface area (Å²) in [7, 11) is -3.76. The number of nitrogens with zero attached hydrogens (tertiary/aromatic N) is 1. The van der Waals surface area contributed by atoms with E-state index in [0.717, 1.165) is 11.3 Å². The van der Waals surface area contributed by atoms with Gasteiger partial charge < -0.3 is 5.32 Å². The van der Waals surface area contributed by atoms with Gasteiger partial charge in [0.05, 0.1) is 17.0 Å². The van der Waals surface area contributed by atoms with Crippen molar-refractivity contribution in [2.45, 2.75) is 11.3 Å². The van der Waals surface area contributed by atoms with Crippen LogP contribution in [0.1, 0.15) is 16.8 Å². The van der Waals surface area contributed by atoms with E-state index in [9.17, 15) is 13.2 Å². The van der Waals surface area contributed by atoms with Gasteiger partial charge in [0.2, 0.25) is 5.91 Å². The lowest BCUT2D eigenvalue weighted by Crippen LogP contribution is -2.13. The van der Waals surface area contributed by atoms with Crippen LogP contribution >= 0.6 is 0 Å². The average Bonchev–Trinajstić information content (AvgIpc) is 3.06. The smallest absolute Gasteiger partial charge is 0.261 e. The van der Waals surface area contributed by atoms with E-state index in [1.54, 1.807) is 30.5 Å². The van der Waals surface area contributed by atoms with Crippen LogP contribution in [0.4, 0.5) is 11.4 Å². The zero-order chi connectivity index (χ0) is 19.6. The average molecular weight is 391 g/mol. The monoisotopic (exact) mass is 391 g/mol. The minimum absolute atomic E-state index is 0.122. The summed E-state index contributed by atoms with van der Waals surface area (Å²) in [5.41, 5.74) is 3.45. The Morgan fingerprint density at radius 3 is 2.71 bits per heavy atom. The molecule has 7 heteroatoms. The third-order valence-electron chi connectivity index (χ3n) is 4.29. The first-order valence-electron chi connectivity index (χ1n) is 8.64. The Hall–Kier alpha value is -3.45. The number of nitrogens with one attached hydrogen (secondary N) is 2. The van der Waals surface area contributed by atoms with Gasteiger partial charge in [-0.25, -0.2) is 8.42 Å². The second kappa shape index (κ2) is 7.28. The minimum atomic E-state index is -3.76. The van der Waals surface area contributed by atoms with E-state index >= 15 is 0 Å². The van der Waals surface area contributed by atoms with Crippen LogP contribution in [0.2, 0.25) is 0 Å². The number of carbonyl (C=O) groups is 1. The molecule has 0 fully saturated rings. The van der Waals surface area contributed by atoms with Gasteiger partial charge >= 0.3 is 0 Å². The first-order chi connectivity index (χ1) is 13.5. The highest BCUT2D eigenvalue weighted by atomic mass is 32.2. The summed E-state index contributed by atoms with van der Waals surface area (Å²) >= 11 is 0. The van der Waals surface area contributed by atoms with Gasteiger partial charge in [0.15, 0.2) is 0 Å². The van der Waals surface area contributed by atoms with Crippen LogP contribution in [0, 0.1) is 0 Å². The van der Waals surface area contributed by atoms with Gasteiger partial charge in [-0.2, -0.15) is 0 Å². The molecule has 0 bridgehead atoms. The molecule has 1 aromatic heterocycles. The third kappa shape index (κ3) is 3.94. The molecule has 140 valence electrons. The molecule has 0 saturated heterocycles. The summed E-state index contributed by atoms with van der Waals surface area (Å²) in [4.78, 5) is 15.8. The molecule has 0 unspecified atom stereocenters. The van der Waals surface area contributed by atoms with E-state index in [0.29, 0.717) is 16.9 Å². The van der Waals surface area contributed by atoms with Crippen LogP contribution in [0.3, 0.4) is 0 Å². The number of rotatable bonds is 5. The lowest BCUT2D eigenvalue weighted by molar-refractivity contribution is -0.115. The Labute approximate surface area is 163 Å². The molecule has 4 rings (SSSR count). The van der Waals surface area contributed by atoms with Crippen molar-refractivity contribution in [3.05, 3.63) is 83.7 Å². The molecule has 0 aliphatic carbocycles. The highest BCUT2D eigenvalue weighted by Crippen LogP contribution is 2.27. The van der Waals surface area contributed by atoms with Crippen molar-refractivity contribution in [2.75, 3.05) is 10.0 Å². The summed E-state index contributed by atoms with van der Waals surface area (Å²) in [5.74, 6) is -0.134. The predicted octanol–water partition coefficient (Wildman–Crippen LogP) is 3.55. The quantitative estimate of drug-likeness (QED) is 0.696. The van der Waals surface area contributed by atoms with Crippen LogP contribution in [0.25, 0.3) is 12.2 Å². The van der Waals surface area contributed by atoms with Crippen LogP contribution in [0.15, 0.2) is 71.8 Å². The number of fused-ring (bicyclic) bond motifs is 1. The molecule has 3 aromatic rings. The molecular formula is C21H17N3O3S. The number of benzene rings is 2. The normalized spacial score (nSPS) is 13.4. The lowest BCUT2D eigenvalue weighted by atomic mass is 10.2. The second-order valence-electron chi connectivity index (χ2n) is 6.36. The molecule has 2 heterocycles. The number of anilines is 2. The van der Waals surface area contributed by atoms with E-state index in [2.05, 4.69) is 15.0 Å². The van der Waals surface area contributed by atoms with Crippen molar-refractivity contribution in [1.82, 2.24) is 4.98 Å². The summed E-state index contributed by atoms with van der Waals surface area (Å²) in [5, 5.41) is 2.69. The maximum atomic E-state index is 12.7. The number of hydrogen-bond donors (Lipinski definition) is 2. The molecule has 0 saturated carbocycles. The Bertz CT molecular complexity index is 1170. The Morgan fingerprint density at radius 1 is 1.00 bits per heavy atom. The predicted molar refractivity (Wildman–Crippen MR) is 109 cm³/mol. The highest BCUT2D eigenvalue weighted by molar-refractivity contribution is 7.92. The fourth-order valence-corrected chi connectivity index (χ4v) is 4.05.